The molecule has 3 nitrogen and oxygen atoms in total. The van der Waals surface area contributed by atoms with Crippen LogP contribution >= 0.6 is 0 Å². The number of nitrogens with zero attached hydrogens (tertiary/aromatic N) is 1. The summed E-state index contributed by atoms with van der Waals surface area (Å²) in [7, 11) is 0. The Morgan fingerprint density at radius 1 is 0.955 bits per heavy atom. The molecule has 1 N–H and O–H groups in total. The first kappa shape index (κ1) is 14.7. The maximum absolute atomic E-state index is 12.3. The van der Waals surface area contributed by atoms with E-state index >= 15 is 0 Å². The number of carbonyl (C=O) groups is 1. The third kappa shape index (κ3) is 2.61. The Morgan fingerprint density at radius 2 is 1.50 bits per heavy atom. The second-order valence-corrected chi connectivity index (χ2v) is 8.71. The number of nitrogens with one attached hydrogen (secondary N) is 1. The number of hydrazone groups is 1. The van der Waals surface area contributed by atoms with Crippen molar-refractivity contribution in [2.75, 3.05) is 0 Å². The minimum atomic E-state index is 0.170. The van der Waals surface area contributed by atoms with Crippen molar-refractivity contribution in [1.82, 2.24) is 5.43 Å². The van der Waals surface area contributed by atoms with E-state index in [1.54, 1.807) is 0 Å². The number of hydrogen-bond acceptors (Lipinski definition) is 2. The van der Waals surface area contributed by atoms with Crippen LogP contribution < -0.4 is 5.43 Å². The van der Waals surface area contributed by atoms with Crippen molar-refractivity contribution in [3.05, 3.63) is 0 Å². The molecule has 5 rings (SSSR count). The van der Waals surface area contributed by atoms with E-state index in [2.05, 4.69) is 17.5 Å². The van der Waals surface area contributed by atoms with Crippen molar-refractivity contribution in [3.63, 3.8) is 0 Å². The van der Waals surface area contributed by atoms with Crippen LogP contribution in [0, 0.1) is 29.1 Å². The first-order valence-corrected chi connectivity index (χ1v) is 9.49. The second-order valence-electron chi connectivity index (χ2n) is 8.71. The van der Waals surface area contributed by atoms with Crippen molar-refractivity contribution in [2.45, 2.75) is 77.6 Å². The van der Waals surface area contributed by atoms with Crippen LogP contribution in [-0.2, 0) is 4.79 Å². The van der Waals surface area contributed by atoms with Gasteiger partial charge < -0.3 is 0 Å². The van der Waals surface area contributed by atoms with Crippen LogP contribution in [0.3, 0.4) is 0 Å². The normalized spacial score (nSPS) is 41.7. The molecule has 3 heteroatoms. The van der Waals surface area contributed by atoms with Gasteiger partial charge in [-0.05, 0) is 76.0 Å². The van der Waals surface area contributed by atoms with Crippen LogP contribution in [0.25, 0.3) is 0 Å². The fourth-order valence-electron chi connectivity index (χ4n) is 6.27. The third-order valence-electron chi connectivity index (χ3n) is 7.12. The lowest BCUT2D eigenvalue weighted by Crippen LogP contribution is -2.49. The quantitative estimate of drug-likeness (QED) is 0.613. The summed E-state index contributed by atoms with van der Waals surface area (Å²) in [5, 5.41) is 4.61. The summed E-state index contributed by atoms with van der Waals surface area (Å²) in [6.45, 7) is 2.17. The number of rotatable bonds is 3. The van der Waals surface area contributed by atoms with Gasteiger partial charge in [0.25, 0.3) is 0 Å². The zero-order valence-corrected chi connectivity index (χ0v) is 13.9. The van der Waals surface area contributed by atoms with E-state index in [4.69, 9.17) is 0 Å². The average Bonchev–Trinajstić information content (AvgIpc) is 2.51. The van der Waals surface area contributed by atoms with Crippen LogP contribution in [-0.4, -0.2) is 11.6 Å². The molecule has 5 saturated carbocycles. The van der Waals surface area contributed by atoms with Gasteiger partial charge in [0.1, 0.15) is 0 Å². The maximum atomic E-state index is 12.3. The van der Waals surface area contributed by atoms with Crippen molar-refractivity contribution < 1.29 is 4.79 Å². The molecule has 5 aliphatic rings. The summed E-state index contributed by atoms with van der Waals surface area (Å²) in [4.78, 5) is 12.3. The average molecular weight is 302 g/mol. The molecule has 0 unspecified atom stereocenters. The van der Waals surface area contributed by atoms with Crippen LogP contribution in [0.1, 0.15) is 77.6 Å². The standard InChI is InChI=1S/C19H30N2O/c1-13(20-21-18(22)17-5-3-2-4-6-17)19-10-14-7-15(11-19)9-16(8-14)12-19/h14-17H,2-12H2,1H3,(H,21,22)/b20-13-. The molecule has 0 aromatic heterocycles. The molecule has 0 aliphatic heterocycles. The fraction of sp³-hybridized carbons (Fsp3) is 0.895. The fourth-order valence-corrected chi connectivity index (χ4v) is 6.27. The monoisotopic (exact) mass is 302 g/mol. The molecule has 0 saturated heterocycles. The van der Waals surface area contributed by atoms with E-state index in [-0.39, 0.29) is 11.8 Å². The maximum Gasteiger partial charge on any atom is 0.243 e. The molecule has 0 radical (unpaired) electrons. The highest BCUT2D eigenvalue weighted by molar-refractivity contribution is 5.90. The van der Waals surface area contributed by atoms with Crippen molar-refractivity contribution in [3.8, 4) is 0 Å². The minimum absolute atomic E-state index is 0.170. The lowest BCUT2D eigenvalue weighted by atomic mass is 9.48. The Bertz CT molecular complexity index is 441. The van der Waals surface area contributed by atoms with Gasteiger partial charge in [0.05, 0.1) is 0 Å². The highest BCUT2D eigenvalue weighted by atomic mass is 16.2. The molecule has 0 aromatic carbocycles. The van der Waals surface area contributed by atoms with Gasteiger partial charge in [0, 0.05) is 17.0 Å². The Hall–Kier alpha value is -0.860. The minimum Gasteiger partial charge on any atom is -0.273 e. The molecule has 0 heterocycles. The van der Waals surface area contributed by atoms with Crippen molar-refractivity contribution in [1.29, 1.82) is 0 Å². The van der Waals surface area contributed by atoms with E-state index < -0.39 is 0 Å². The Labute approximate surface area is 134 Å². The van der Waals surface area contributed by atoms with Gasteiger partial charge in [-0.25, -0.2) is 5.43 Å². The van der Waals surface area contributed by atoms with Gasteiger partial charge in [-0.1, -0.05) is 19.3 Å². The molecule has 0 spiro atoms. The summed E-state index contributed by atoms with van der Waals surface area (Å²) in [6.07, 6.45) is 14.2. The molecule has 5 fully saturated rings. The van der Waals surface area contributed by atoms with Gasteiger partial charge in [-0.2, -0.15) is 5.10 Å². The molecule has 122 valence electrons. The Balaban J connectivity index is 1.42. The Kier molecular flexibility index (Phi) is 3.78. The highest BCUT2D eigenvalue weighted by Crippen LogP contribution is 2.60. The molecule has 4 bridgehead atoms. The summed E-state index contributed by atoms with van der Waals surface area (Å²) in [6, 6.07) is 0. The van der Waals surface area contributed by atoms with E-state index in [1.807, 2.05) is 0 Å². The molecule has 5 aliphatic carbocycles. The molecule has 1 amide bonds. The highest BCUT2D eigenvalue weighted by Gasteiger charge is 2.52. The Morgan fingerprint density at radius 3 is 2.05 bits per heavy atom. The summed E-state index contributed by atoms with van der Waals surface area (Å²) in [5.74, 6) is 3.19. The van der Waals surface area contributed by atoms with Crippen LogP contribution in [0.2, 0.25) is 0 Å². The number of amides is 1. The first-order valence-electron chi connectivity index (χ1n) is 9.49. The van der Waals surface area contributed by atoms with Gasteiger partial charge in [-0.15, -0.1) is 0 Å². The first-order chi connectivity index (χ1) is 10.6. The van der Waals surface area contributed by atoms with Crippen LogP contribution in [0.5, 0.6) is 0 Å². The van der Waals surface area contributed by atoms with Gasteiger partial charge in [0.15, 0.2) is 0 Å². The van der Waals surface area contributed by atoms with Gasteiger partial charge >= 0.3 is 0 Å². The predicted molar refractivity (Wildman–Crippen MR) is 88.4 cm³/mol. The topological polar surface area (TPSA) is 41.5 Å². The molecule has 0 aromatic rings. The van der Waals surface area contributed by atoms with Crippen LogP contribution in [0.15, 0.2) is 5.10 Å². The number of carbonyl (C=O) groups excluding carboxylic acids is 1. The van der Waals surface area contributed by atoms with E-state index in [9.17, 15) is 4.79 Å². The summed E-state index contributed by atoms with van der Waals surface area (Å²) < 4.78 is 0. The summed E-state index contributed by atoms with van der Waals surface area (Å²) >= 11 is 0. The SMILES string of the molecule is C/C(=N/NC(=O)C1CCCCC1)C12CC3CC(CC(C3)C1)C2. The largest absolute Gasteiger partial charge is 0.273 e. The number of hydrogen-bond donors (Lipinski definition) is 1. The second kappa shape index (κ2) is 5.65. The van der Waals surface area contributed by atoms with Gasteiger partial charge in [0.2, 0.25) is 5.91 Å². The zero-order valence-electron chi connectivity index (χ0n) is 13.9. The summed E-state index contributed by atoms with van der Waals surface area (Å²) in [5.41, 5.74) is 4.47. The van der Waals surface area contributed by atoms with E-state index in [0.717, 1.165) is 30.6 Å². The van der Waals surface area contributed by atoms with Gasteiger partial charge in [-0.3, -0.25) is 4.79 Å². The lowest BCUT2D eigenvalue weighted by molar-refractivity contribution is -0.125. The van der Waals surface area contributed by atoms with Crippen molar-refractivity contribution >= 4 is 11.6 Å². The van der Waals surface area contributed by atoms with Crippen LogP contribution in [0.4, 0.5) is 0 Å². The van der Waals surface area contributed by atoms with E-state index in [1.165, 1.54) is 63.5 Å². The molecule has 22 heavy (non-hydrogen) atoms. The molecular formula is C19H30N2O. The van der Waals surface area contributed by atoms with Crippen molar-refractivity contribution in [2.24, 2.45) is 34.2 Å². The molecular weight excluding hydrogens is 272 g/mol. The predicted octanol–water partition coefficient (Wildman–Crippen LogP) is 4.28. The van der Waals surface area contributed by atoms with E-state index in [0.29, 0.717) is 5.41 Å². The zero-order chi connectivity index (χ0) is 15.2. The smallest absolute Gasteiger partial charge is 0.243 e. The third-order valence-corrected chi connectivity index (χ3v) is 7.12. The molecule has 0 atom stereocenters. The lowest BCUT2D eigenvalue weighted by Gasteiger charge is -2.56.